The molecule has 1 aliphatic heterocycles. The Morgan fingerprint density at radius 2 is 1.47 bits per heavy atom. The molecule has 0 atom stereocenters. The van der Waals surface area contributed by atoms with E-state index in [1.54, 1.807) is 0 Å². The van der Waals surface area contributed by atoms with Crippen LogP contribution in [-0.4, -0.2) is 6.61 Å². The van der Waals surface area contributed by atoms with E-state index >= 15 is 0 Å². The summed E-state index contributed by atoms with van der Waals surface area (Å²) in [7, 11) is 0. The molecule has 0 aromatic heterocycles. The average Bonchev–Trinajstić information content (AvgIpc) is 3.00. The highest BCUT2D eigenvalue weighted by molar-refractivity contribution is 5.37. The van der Waals surface area contributed by atoms with Gasteiger partial charge in [0.2, 0.25) is 0 Å². The van der Waals surface area contributed by atoms with Crippen LogP contribution in [0.3, 0.4) is 0 Å². The molecule has 19 heavy (non-hydrogen) atoms. The van der Waals surface area contributed by atoms with E-state index in [1.807, 2.05) is 12.1 Å². The average molecular weight is 250 g/mol. The lowest BCUT2D eigenvalue weighted by Crippen LogP contribution is -1.99. The predicted octanol–water partition coefficient (Wildman–Crippen LogP) is 4.10. The second kappa shape index (κ2) is 5.48. The van der Waals surface area contributed by atoms with Crippen molar-refractivity contribution in [3.05, 3.63) is 83.6 Å². The molecule has 0 spiro atoms. The molecule has 94 valence electrons. The molecule has 3 nitrogen and oxygen atoms in total. The van der Waals surface area contributed by atoms with Crippen LogP contribution in [0.25, 0.3) is 0 Å². The quantitative estimate of drug-likeness (QED) is 0.807. The van der Waals surface area contributed by atoms with Gasteiger partial charge in [0.05, 0.1) is 0 Å². The van der Waals surface area contributed by atoms with E-state index in [4.69, 9.17) is 4.84 Å². The van der Waals surface area contributed by atoms with Crippen molar-refractivity contribution in [2.45, 2.75) is 5.92 Å². The Balaban J connectivity index is 2.01. The van der Waals surface area contributed by atoms with Gasteiger partial charge in [-0.05, 0) is 17.2 Å². The topological polar surface area (TPSA) is 34.0 Å². The zero-order valence-electron chi connectivity index (χ0n) is 10.4. The third kappa shape index (κ3) is 2.71. The van der Waals surface area contributed by atoms with Crippen LogP contribution >= 0.6 is 0 Å². The zero-order chi connectivity index (χ0) is 12.9. The molecule has 1 heterocycles. The lowest BCUT2D eigenvalue weighted by atomic mass is 9.90. The van der Waals surface area contributed by atoms with E-state index in [0.717, 1.165) is 5.70 Å². The first kappa shape index (κ1) is 11.7. The van der Waals surface area contributed by atoms with E-state index in [0.29, 0.717) is 6.61 Å². The molecular weight excluding hydrogens is 236 g/mol. The summed E-state index contributed by atoms with van der Waals surface area (Å²) in [6, 6.07) is 20.8. The van der Waals surface area contributed by atoms with E-state index in [9.17, 15) is 0 Å². The van der Waals surface area contributed by atoms with Gasteiger partial charge in [-0.1, -0.05) is 60.7 Å². The summed E-state index contributed by atoms with van der Waals surface area (Å²) in [6.07, 6.45) is 2.11. The number of allylic oxidation sites excluding steroid dienone is 1. The molecule has 0 saturated carbocycles. The molecule has 1 aliphatic rings. The van der Waals surface area contributed by atoms with Crippen molar-refractivity contribution in [2.75, 3.05) is 6.61 Å². The van der Waals surface area contributed by atoms with Gasteiger partial charge >= 0.3 is 0 Å². The van der Waals surface area contributed by atoms with Crippen molar-refractivity contribution in [3.8, 4) is 0 Å². The van der Waals surface area contributed by atoms with E-state index in [-0.39, 0.29) is 5.92 Å². The first-order valence-corrected chi connectivity index (χ1v) is 6.27. The molecule has 0 saturated heterocycles. The molecule has 3 heteroatoms. The van der Waals surface area contributed by atoms with Crippen LogP contribution < -0.4 is 0 Å². The maximum absolute atomic E-state index is 4.92. The van der Waals surface area contributed by atoms with Crippen molar-refractivity contribution in [3.63, 3.8) is 0 Å². The van der Waals surface area contributed by atoms with Crippen LogP contribution in [0.15, 0.2) is 82.8 Å². The third-order valence-corrected chi connectivity index (χ3v) is 3.12. The van der Waals surface area contributed by atoms with Gasteiger partial charge in [-0.15, -0.1) is 5.11 Å². The Morgan fingerprint density at radius 3 is 1.95 bits per heavy atom. The third-order valence-electron chi connectivity index (χ3n) is 3.12. The van der Waals surface area contributed by atoms with Crippen LogP contribution in [0.4, 0.5) is 0 Å². The highest BCUT2D eigenvalue weighted by Crippen LogP contribution is 2.28. The van der Waals surface area contributed by atoms with Crippen molar-refractivity contribution in [2.24, 2.45) is 10.4 Å². The number of nitrogens with zero attached hydrogens (tertiary/aromatic N) is 2. The summed E-state index contributed by atoms with van der Waals surface area (Å²) in [4.78, 5) is 4.92. The minimum absolute atomic E-state index is 0.179. The molecule has 0 amide bonds. The summed E-state index contributed by atoms with van der Waals surface area (Å²) in [5.41, 5.74) is 3.35. The van der Waals surface area contributed by atoms with Crippen molar-refractivity contribution >= 4 is 0 Å². The molecule has 2 aromatic rings. The summed E-state index contributed by atoms with van der Waals surface area (Å²) < 4.78 is 0. The monoisotopic (exact) mass is 250 g/mol. The van der Waals surface area contributed by atoms with E-state index < -0.39 is 0 Å². The maximum Gasteiger partial charge on any atom is 0.162 e. The lowest BCUT2D eigenvalue weighted by Gasteiger charge is -2.14. The molecule has 0 fully saturated rings. The van der Waals surface area contributed by atoms with Crippen LogP contribution in [0.5, 0.6) is 0 Å². The number of rotatable bonds is 3. The predicted molar refractivity (Wildman–Crippen MR) is 73.6 cm³/mol. The molecule has 0 N–H and O–H groups in total. The zero-order valence-corrected chi connectivity index (χ0v) is 10.4. The Hall–Kier alpha value is -2.42. The van der Waals surface area contributed by atoms with E-state index in [2.05, 4.69) is 65.0 Å². The lowest BCUT2D eigenvalue weighted by molar-refractivity contribution is 0.180. The SMILES string of the molecule is C(=C1CON=N1)C(c1ccccc1)c1ccccc1. The van der Waals surface area contributed by atoms with Crippen LogP contribution in [0.1, 0.15) is 17.0 Å². The molecular formula is C16H14N2O. The molecule has 2 aromatic carbocycles. The second-order valence-electron chi connectivity index (χ2n) is 4.41. The van der Waals surface area contributed by atoms with Gasteiger partial charge < -0.3 is 4.84 Å². The first-order valence-electron chi connectivity index (χ1n) is 6.27. The van der Waals surface area contributed by atoms with Crippen LogP contribution in [0, 0.1) is 0 Å². The molecule has 0 aliphatic carbocycles. The highest BCUT2D eigenvalue weighted by atomic mass is 16.6. The summed E-state index contributed by atoms with van der Waals surface area (Å²) >= 11 is 0. The van der Waals surface area contributed by atoms with Gasteiger partial charge in [0.15, 0.2) is 6.61 Å². The standard InChI is InChI=1S/C16H14N2O/c1-3-7-13(8-4-1)16(11-15-12-19-18-17-15)14-9-5-2-6-10-14/h1-11,16H,12H2. The first-order chi connectivity index (χ1) is 9.43. The molecule has 3 rings (SSSR count). The van der Waals surface area contributed by atoms with Crippen molar-refractivity contribution in [1.82, 2.24) is 0 Å². The molecule has 0 bridgehead atoms. The van der Waals surface area contributed by atoms with Gasteiger partial charge in [0.25, 0.3) is 0 Å². The largest absolute Gasteiger partial charge is 0.373 e. The van der Waals surface area contributed by atoms with Gasteiger partial charge in [0.1, 0.15) is 5.70 Å². The molecule has 0 unspecified atom stereocenters. The van der Waals surface area contributed by atoms with Crippen molar-refractivity contribution in [1.29, 1.82) is 0 Å². The van der Waals surface area contributed by atoms with Gasteiger partial charge in [-0.25, -0.2) is 0 Å². The van der Waals surface area contributed by atoms with Crippen LogP contribution in [-0.2, 0) is 4.84 Å². The van der Waals surface area contributed by atoms with Crippen molar-refractivity contribution < 1.29 is 4.84 Å². The fourth-order valence-corrected chi connectivity index (χ4v) is 2.18. The Bertz CT molecular complexity index is 551. The number of hydrogen-bond acceptors (Lipinski definition) is 3. The second-order valence-corrected chi connectivity index (χ2v) is 4.41. The Kier molecular flexibility index (Phi) is 3.36. The number of benzene rings is 2. The summed E-state index contributed by atoms with van der Waals surface area (Å²) in [6.45, 7) is 0.455. The van der Waals surface area contributed by atoms with Gasteiger partial charge in [-0.3, -0.25) is 0 Å². The minimum atomic E-state index is 0.179. The van der Waals surface area contributed by atoms with Gasteiger partial charge in [0, 0.05) is 11.2 Å². The smallest absolute Gasteiger partial charge is 0.162 e. The molecule has 0 radical (unpaired) electrons. The summed E-state index contributed by atoms with van der Waals surface area (Å²) in [5, 5.41) is 7.55. The normalized spacial score (nSPS) is 15.9. The highest BCUT2D eigenvalue weighted by Gasteiger charge is 2.14. The minimum Gasteiger partial charge on any atom is -0.373 e. The Morgan fingerprint density at radius 1 is 0.895 bits per heavy atom. The van der Waals surface area contributed by atoms with Gasteiger partial charge in [-0.2, -0.15) is 0 Å². The maximum atomic E-state index is 4.92. The Labute approximate surface area is 112 Å². The van der Waals surface area contributed by atoms with E-state index in [1.165, 1.54) is 11.1 Å². The van der Waals surface area contributed by atoms with Crippen LogP contribution in [0.2, 0.25) is 0 Å². The summed E-state index contributed by atoms with van der Waals surface area (Å²) in [5.74, 6) is 0.179. The fourth-order valence-electron chi connectivity index (χ4n) is 2.18. The number of hydrogen-bond donors (Lipinski definition) is 0. The fraction of sp³-hybridized carbons (Fsp3) is 0.125.